The maximum absolute atomic E-state index is 6.02. The number of halogens is 1. The number of nitrogens with one attached hydrogen (secondary N) is 2. The Kier molecular flexibility index (Phi) is 11.0. The Hall–Kier alpha value is -1.77. The minimum atomic E-state index is 0.566. The highest BCUT2D eigenvalue weighted by Gasteiger charge is 2.11. The van der Waals surface area contributed by atoms with E-state index in [4.69, 9.17) is 36.0 Å². The second-order valence-electron chi connectivity index (χ2n) is 5.84. The van der Waals surface area contributed by atoms with E-state index in [1.807, 2.05) is 68.7 Å². The minimum absolute atomic E-state index is 0.566. The zero-order valence-electron chi connectivity index (χ0n) is 17.1. The molecule has 0 saturated heterocycles. The van der Waals surface area contributed by atoms with Crippen LogP contribution in [-0.4, -0.2) is 57.6 Å². The van der Waals surface area contributed by atoms with Gasteiger partial charge >= 0.3 is 0 Å². The second kappa shape index (κ2) is 12.6. The number of rotatable bonds is 8. The van der Waals surface area contributed by atoms with E-state index >= 15 is 0 Å². The highest BCUT2D eigenvalue weighted by atomic mass is 35.5. The first kappa shape index (κ1) is 24.3. The lowest BCUT2D eigenvalue weighted by molar-refractivity contribution is 0.457. The fraction of sp³-hybridized carbons (Fsp3) is 0.474. The van der Waals surface area contributed by atoms with Gasteiger partial charge in [0, 0.05) is 36.8 Å². The number of nitrogens with zero attached hydrogens (tertiary/aromatic N) is 4. The molecule has 0 spiro atoms. The van der Waals surface area contributed by atoms with E-state index in [0.717, 1.165) is 31.7 Å². The van der Waals surface area contributed by atoms with E-state index in [1.165, 1.54) is 0 Å². The molecule has 6 nitrogen and oxygen atoms in total. The quantitative estimate of drug-likeness (QED) is 0.363. The molecule has 0 saturated carbocycles. The molecule has 0 unspecified atom stereocenters. The zero-order valence-corrected chi connectivity index (χ0v) is 19.5. The molecule has 28 heavy (non-hydrogen) atoms. The first-order chi connectivity index (χ1) is 13.4. The van der Waals surface area contributed by atoms with Gasteiger partial charge < -0.3 is 9.80 Å². The maximum Gasteiger partial charge on any atom is 0.189 e. The Morgan fingerprint density at radius 2 is 1.29 bits per heavy atom. The minimum Gasteiger partial charge on any atom is -0.348 e. The van der Waals surface area contributed by atoms with Crippen LogP contribution in [-0.2, 0) is 0 Å². The van der Waals surface area contributed by atoms with E-state index in [1.54, 1.807) is 0 Å². The summed E-state index contributed by atoms with van der Waals surface area (Å²) in [6, 6.07) is 7.42. The van der Waals surface area contributed by atoms with Crippen LogP contribution in [0.3, 0.4) is 0 Å². The van der Waals surface area contributed by atoms with E-state index in [0.29, 0.717) is 26.7 Å². The molecule has 1 aromatic carbocycles. The van der Waals surface area contributed by atoms with Crippen LogP contribution in [0.5, 0.6) is 0 Å². The molecular formula is C19H29ClN6S2. The molecule has 9 heteroatoms. The van der Waals surface area contributed by atoms with Crippen molar-refractivity contribution in [3.05, 3.63) is 34.9 Å². The van der Waals surface area contributed by atoms with Crippen molar-refractivity contribution < 1.29 is 0 Å². The van der Waals surface area contributed by atoms with Crippen molar-refractivity contribution in [3.8, 4) is 0 Å². The van der Waals surface area contributed by atoms with Crippen molar-refractivity contribution >= 4 is 57.7 Å². The highest BCUT2D eigenvalue weighted by molar-refractivity contribution is 7.80. The molecule has 0 bridgehead atoms. The molecule has 2 N–H and O–H groups in total. The van der Waals surface area contributed by atoms with Crippen molar-refractivity contribution in [2.45, 2.75) is 34.6 Å². The lowest BCUT2D eigenvalue weighted by atomic mass is 10.1. The summed E-state index contributed by atoms with van der Waals surface area (Å²) >= 11 is 16.8. The Morgan fingerprint density at radius 3 is 1.71 bits per heavy atom. The van der Waals surface area contributed by atoms with Gasteiger partial charge in [-0.25, -0.2) is 0 Å². The summed E-state index contributed by atoms with van der Waals surface area (Å²) in [7, 11) is 0. The average molecular weight is 441 g/mol. The number of thiocarbonyl (C=S) groups is 2. The Balaban J connectivity index is 3.11. The molecule has 0 radical (unpaired) electrons. The molecule has 0 aliphatic heterocycles. The highest BCUT2D eigenvalue weighted by Crippen LogP contribution is 2.11. The Morgan fingerprint density at radius 1 is 0.857 bits per heavy atom. The molecule has 0 aliphatic carbocycles. The van der Waals surface area contributed by atoms with E-state index in [2.05, 4.69) is 21.1 Å². The van der Waals surface area contributed by atoms with Gasteiger partial charge in [-0.05, 0) is 71.2 Å². The van der Waals surface area contributed by atoms with Gasteiger partial charge in [0.05, 0.1) is 5.71 Å². The fourth-order valence-corrected chi connectivity index (χ4v) is 3.15. The van der Waals surface area contributed by atoms with Crippen LogP contribution in [0.15, 0.2) is 34.5 Å². The van der Waals surface area contributed by atoms with E-state index < -0.39 is 0 Å². The van der Waals surface area contributed by atoms with Gasteiger partial charge in [0.25, 0.3) is 0 Å². The van der Waals surface area contributed by atoms with E-state index in [-0.39, 0.29) is 0 Å². The molecular weight excluding hydrogens is 412 g/mol. The summed E-state index contributed by atoms with van der Waals surface area (Å²) in [6.07, 6.45) is 0. The summed E-state index contributed by atoms with van der Waals surface area (Å²) in [5, 5.41) is 10.7. The van der Waals surface area contributed by atoms with Crippen molar-refractivity contribution in [3.63, 3.8) is 0 Å². The molecule has 0 heterocycles. The van der Waals surface area contributed by atoms with Crippen molar-refractivity contribution in [1.29, 1.82) is 0 Å². The van der Waals surface area contributed by atoms with Crippen LogP contribution in [0.1, 0.15) is 40.2 Å². The van der Waals surface area contributed by atoms with Crippen molar-refractivity contribution in [2.24, 2.45) is 10.2 Å². The smallest absolute Gasteiger partial charge is 0.189 e. The van der Waals surface area contributed by atoms with Crippen molar-refractivity contribution in [2.75, 3.05) is 26.2 Å². The molecule has 0 aliphatic rings. The summed E-state index contributed by atoms with van der Waals surface area (Å²) in [5.74, 6) is 0. The lowest BCUT2D eigenvalue weighted by Crippen LogP contribution is -2.39. The summed E-state index contributed by atoms with van der Waals surface area (Å²) in [5.41, 5.74) is 8.12. The van der Waals surface area contributed by atoms with Gasteiger partial charge in [0.2, 0.25) is 0 Å². The van der Waals surface area contributed by atoms with Crippen LogP contribution in [0.25, 0.3) is 0 Å². The predicted molar refractivity (Wildman–Crippen MR) is 128 cm³/mol. The van der Waals surface area contributed by atoms with Crippen LogP contribution >= 0.6 is 36.0 Å². The summed E-state index contributed by atoms with van der Waals surface area (Å²) < 4.78 is 0. The van der Waals surface area contributed by atoms with Crippen LogP contribution in [0.4, 0.5) is 0 Å². The molecule has 0 amide bonds. The Labute approximate surface area is 184 Å². The fourth-order valence-electron chi connectivity index (χ4n) is 2.41. The van der Waals surface area contributed by atoms with Gasteiger partial charge in [-0.1, -0.05) is 23.7 Å². The number of hydrogen-bond donors (Lipinski definition) is 2. The van der Waals surface area contributed by atoms with Gasteiger partial charge in [-0.2, -0.15) is 10.2 Å². The van der Waals surface area contributed by atoms with Crippen molar-refractivity contribution in [1.82, 2.24) is 20.7 Å². The zero-order chi connectivity index (χ0) is 21.1. The van der Waals surface area contributed by atoms with Gasteiger partial charge in [0.15, 0.2) is 10.2 Å². The molecule has 0 atom stereocenters. The monoisotopic (exact) mass is 440 g/mol. The SMILES string of the molecule is CCN(CC)C(=S)NN=C(C)C(=NNC(=S)N(CC)CC)c1ccc(Cl)cc1. The summed E-state index contributed by atoms with van der Waals surface area (Å²) in [6.45, 7) is 13.3. The standard InChI is InChI=1S/C19H29ClN6S2/c1-6-25(7-2)18(27)23-21-14(5)17(15-10-12-16(20)13-11-15)22-24-19(28)26(8-3)9-4/h10-13H,6-9H2,1-5H3,(H,23,27)(H,24,28). The van der Waals surface area contributed by atoms with Crippen LogP contribution < -0.4 is 10.9 Å². The van der Waals surface area contributed by atoms with Gasteiger partial charge in [-0.3, -0.25) is 10.9 Å². The van der Waals surface area contributed by atoms with Crippen LogP contribution in [0, 0.1) is 0 Å². The topological polar surface area (TPSA) is 55.3 Å². The molecule has 0 fully saturated rings. The molecule has 0 aromatic heterocycles. The lowest BCUT2D eigenvalue weighted by Gasteiger charge is -2.21. The largest absolute Gasteiger partial charge is 0.348 e. The second-order valence-corrected chi connectivity index (χ2v) is 7.05. The van der Waals surface area contributed by atoms with Crippen LogP contribution in [0.2, 0.25) is 5.02 Å². The molecule has 1 rings (SSSR count). The first-order valence-electron chi connectivity index (χ1n) is 9.35. The molecule has 154 valence electrons. The number of hydrogen-bond acceptors (Lipinski definition) is 4. The first-order valence-corrected chi connectivity index (χ1v) is 10.5. The third kappa shape index (κ3) is 7.33. The predicted octanol–water partition coefficient (Wildman–Crippen LogP) is 3.85. The number of benzene rings is 1. The number of hydrazone groups is 2. The van der Waals surface area contributed by atoms with Gasteiger partial charge in [0.1, 0.15) is 5.71 Å². The third-order valence-electron chi connectivity index (χ3n) is 4.14. The van der Waals surface area contributed by atoms with E-state index in [9.17, 15) is 0 Å². The molecule has 1 aromatic rings. The maximum atomic E-state index is 6.02. The Bertz CT molecular complexity index is 710. The third-order valence-corrected chi connectivity index (χ3v) is 5.10. The van der Waals surface area contributed by atoms with Gasteiger partial charge in [-0.15, -0.1) is 0 Å². The average Bonchev–Trinajstić information content (AvgIpc) is 2.69. The summed E-state index contributed by atoms with van der Waals surface area (Å²) in [4.78, 5) is 4.03. The normalized spacial score (nSPS) is 11.8.